The summed E-state index contributed by atoms with van der Waals surface area (Å²) in [6.07, 6.45) is 6.31. The first kappa shape index (κ1) is 20.2. The average molecular weight is 426 g/mol. The van der Waals surface area contributed by atoms with Gasteiger partial charge in [0.05, 0.1) is 11.4 Å². The van der Waals surface area contributed by atoms with E-state index in [1.165, 1.54) is 12.1 Å². The highest BCUT2D eigenvalue weighted by Gasteiger charge is 2.27. The van der Waals surface area contributed by atoms with E-state index in [9.17, 15) is 4.39 Å². The zero-order valence-electron chi connectivity index (χ0n) is 17.5. The fourth-order valence-corrected chi connectivity index (χ4v) is 4.00. The summed E-state index contributed by atoms with van der Waals surface area (Å²) in [7, 11) is 0. The van der Waals surface area contributed by atoms with E-state index in [0.29, 0.717) is 11.5 Å². The van der Waals surface area contributed by atoms with Crippen LogP contribution in [0.3, 0.4) is 0 Å². The number of benzene rings is 1. The standard InChI is InChI=1S/C25H23FN6/c26-20-4-3-6-21(14-20)29-24-15-23(18-7-11-27-12-8-18)30-25(31-24)19-9-13-32(16-19)17-22-5-1-2-10-28-22/h1-8,10-12,14-15,19H,9,13,16-17H2,(H,29,30,31). The molecular weight excluding hydrogens is 403 g/mol. The van der Waals surface area contributed by atoms with Crippen LogP contribution in [0, 0.1) is 5.82 Å². The molecule has 1 aliphatic heterocycles. The number of hydrogen-bond donors (Lipinski definition) is 1. The van der Waals surface area contributed by atoms with Crippen molar-refractivity contribution < 1.29 is 4.39 Å². The Labute approximate surface area is 186 Å². The Kier molecular flexibility index (Phi) is 5.81. The third-order valence-electron chi connectivity index (χ3n) is 5.57. The summed E-state index contributed by atoms with van der Waals surface area (Å²) in [5.41, 5.74) is 3.50. The molecule has 4 heterocycles. The van der Waals surface area contributed by atoms with E-state index in [-0.39, 0.29) is 11.7 Å². The van der Waals surface area contributed by atoms with Crippen molar-refractivity contribution in [2.75, 3.05) is 18.4 Å². The van der Waals surface area contributed by atoms with Gasteiger partial charge in [-0.05, 0) is 55.4 Å². The molecule has 1 atom stereocenters. The van der Waals surface area contributed by atoms with Crippen LogP contribution in [0.25, 0.3) is 11.3 Å². The lowest BCUT2D eigenvalue weighted by Crippen LogP contribution is -2.21. The highest BCUT2D eigenvalue weighted by molar-refractivity contribution is 5.65. The zero-order chi connectivity index (χ0) is 21.8. The van der Waals surface area contributed by atoms with Crippen LogP contribution in [0.15, 0.2) is 79.3 Å². The second-order valence-electron chi connectivity index (χ2n) is 7.91. The summed E-state index contributed by atoms with van der Waals surface area (Å²) >= 11 is 0. The third kappa shape index (κ3) is 4.78. The Balaban J connectivity index is 1.42. The third-order valence-corrected chi connectivity index (χ3v) is 5.57. The summed E-state index contributed by atoms with van der Waals surface area (Å²) in [6.45, 7) is 2.66. The van der Waals surface area contributed by atoms with Gasteiger partial charge in [-0.1, -0.05) is 12.1 Å². The summed E-state index contributed by atoms with van der Waals surface area (Å²) < 4.78 is 13.7. The Morgan fingerprint density at radius 1 is 0.969 bits per heavy atom. The quantitative estimate of drug-likeness (QED) is 0.477. The summed E-state index contributed by atoms with van der Waals surface area (Å²) in [6, 6.07) is 18.1. The second kappa shape index (κ2) is 9.20. The van der Waals surface area contributed by atoms with Gasteiger partial charge in [0.15, 0.2) is 0 Å². The molecule has 1 unspecified atom stereocenters. The number of aromatic nitrogens is 4. The molecule has 1 aliphatic rings. The molecule has 1 aromatic carbocycles. The first-order valence-electron chi connectivity index (χ1n) is 10.7. The largest absolute Gasteiger partial charge is 0.340 e. The van der Waals surface area contributed by atoms with Gasteiger partial charge >= 0.3 is 0 Å². The average Bonchev–Trinajstić information content (AvgIpc) is 3.29. The van der Waals surface area contributed by atoms with Gasteiger partial charge < -0.3 is 5.32 Å². The number of hydrogen-bond acceptors (Lipinski definition) is 6. The number of rotatable bonds is 6. The molecule has 0 saturated carbocycles. The number of halogens is 1. The van der Waals surface area contributed by atoms with Crippen molar-refractivity contribution in [1.82, 2.24) is 24.8 Å². The molecule has 5 rings (SSSR count). The predicted molar refractivity (Wildman–Crippen MR) is 122 cm³/mol. The van der Waals surface area contributed by atoms with Crippen LogP contribution >= 0.6 is 0 Å². The minimum absolute atomic E-state index is 0.216. The Morgan fingerprint density at radius 2 is 1.88 bits per heavy atom. The number of likely N-dealkylation sites (tertiary alicyclic amines) is 1. The topological polar surface area (TPSA) is 66.8 Å². The molecule has 1 fully saturated rings. The first-order valence-corrected chi connectivity index (χ1v) is 10.7. The monoisotopic (exact) mass is 426 g/mol. The fourth-order valence-electron chi connectivity index (χ4n) is 4.00. The maximum atomic E-state index is 13.7. The molecule has 0 amide bonds. The Morgan fingerprint density at radius 3 is 2.69 bits per heavy atom. The normalized spacial score (nSPS) is 16.2. The molecule has 160 valence electrons. The zero-order valence-corrected chi connectivity index (χ0v) is 17.5. The molecule has 32 heavy (non-hydrogen) atoms. The van der Waals surface area contributed by atoms with Crippen LogP contribution in [0.5, 0.6) is 0 Å². The van der Waals surface area contributed by atoms with Crippen LogP contribution < -0.4 is 5.32 Å². The van der Waals surface area contributed by atoms with E-state index in [4.69, 9.17) is 9.97 Å². The molecule has 0 radical (unpaired) electrons. The highest BCUT2D eigenvalue weighted by Crippen LogP contribution is 2.30. The van der Waals surface area contributed by atoms with Crippen molar-refractivity contribution in [1.29, 1.82) is 0 Å². The molecule has 6 nitrogen and oxygen atoms in total. The molecule has 3 aromatic heterocycles. The van der Waals surface area contributed by atoms with Crippen LogP contribution in [-0.4, -0.2) is 37.9 Å². The molecule has 1 N–H and O–H groups in total. The van der Waals surface area contributed by atoms with E-state index in [0.717, 1.165) is 48.8 Å². The molecule has 0 bridgehead atoms. The minimum atomic E-state index is -0.292. The van der Waals surface area contributed by atoms with Crippen molar-refractivity contribution in [3.63, 3.8) is 0 Å². The van der Waals surface area contributed by atoms with Gasteiger partial charge in [0.25, 0.3) is 0 Å². The smallest absolute Gasteiger partial charge is 0.135 e. The van der Waals surface area contributed by atoms with Crippen molar-refractivity contribution >= 4 is 11.5 Å². The highest BCUT2D eigenvalue weighted by atomic mass is 19.1. The Bertz CT molecular complexity index is 1190. The van der Waals surface area contributed by atoms with Crippen molar-refractivity contribution in [2.45, 2.75) is 18.9 Å². The molecular formula is C25H23FN6. The van der Waals surface area contributed by atoms with Crippen LogP contribution in [-0.2, 0) is 6.54 Å². The Hall–Kier alpha value is -3.71. The van der Waals surface area contributed by atoms with Gasteiger partial charge in [0.1, 0.15) is 17.5 Å². The molecule has 1 saturated heterocycles. The minimum Gasteiger partial charge on any atom is -0.340 e. The van der Waals surface area contributed by atoms with E-state index < -0.39 is 0 Å². The maximum absolute atomic E-state index is 13.7. The number of nitrogens with zero attached hydrogens (tertiary/aromatic N) is 5. The van der Waals surface area contributed by atoms with Crippen LogP contribution in [0.2, 0.25) is 0 Å². The van der Waals surface area contributed by atoms with Crippen LogP contribution in [0.4, 0.5) is 15.9 Å². The van der Waals surface area contributed by atoms with Gasteiger partial charge in [-0.3, -0.25) is 14.9 Å². The summed E-state index contributed by atoms with van der Waals surface area (Å²) in [5, 5.41) is 3.24. The lowest BCUT2D eigenvalue weighted by Gasteiger charge is -2.16. The van der Waals surface area contributed by atoms with E-state index >= 15 is 0 Å². The van der Waals surface area contributed by atoms with Crippen molar-refractivity contribution in [3.8, 4) is 11.3 Å². The van der Waals surface area contributed by atoms with Gasteiger partial charge in [0, 0.05) is 54.9 Å². The molecule has 0 spiro atoms. The SMILES string of the molecule is Fc1cccc(Nc2cc(-c3ccncc3)nc(C3CCN(Cc4ccccn4)C3)n2)c1. The van der Waals surface area contributed by atoms with Gasteiger partial charge in [-0.2, -0.15) is 0 Å². The maximum Gasteiger partial charge on any atom is 0.135 e. The van der Waals surface area contributed by atoms with Gasteiger partial charge in [-0.15, -0.1) is 0 Å². The van der Waals surface area contributed by atoms with Crippen LogP contribution in [0.1, 0.15) is 23.9 Å². The fraction of sp³-hybridized carbons (Fsp3) is 0.200. The lowest BCUT2D eigenvalue weighted by atomic mass is 10.1. The summed E-state index contributed by atoms with van der Waals surface area (Å²) in [5.74, 6) is 1.37. The van der Waals surface area contributed by atoms with Gasteiger partial charge in [0.2, 0.25) is 0 Å². The molecule has 7 heteroatoms. The van der Waals surface area contributed by atoms with E-state index in [1.54, 1.807) is 18.5 Å². The van der Waals surface area contributed by atoms with Gasteiger partial charge in [-0.25, -0.2) is 14.4 Å². The number of nitrogens with one attached hydrogen (secondary N) is 1. The number of anilines is 2. The predicted octanol–water partition coefficient (Wildman–Crippen LogP) is 4.81. The molecule has 4 aromatic rings. The number of pyridine rings is 2. The van der Waals surface area contributed by atoms with E-state index in [2.05, 4.69) is 26.3 Å². The summed E-state index contributed by atoms with van der Waals surface area (Å²) in [4.78, 5) is 20.6. The van der Waals surface area contributed by atoms with E-state index in [1.807, 2.05) is 42.6 Å². The molecule has 0 aliphatic carbocycles. The lowest BCUT2D eigenvalue weighted by molar-refractivity contribution is 0.321. The van der Waals surface area contributed by atoms with Crippen molar-refractivity contribution in [2.24, 2.45) is 0 Å². The second-order valence-corrected chi connectivity index (χ2v) is 7.91. The first-order chi connectivity index (χ1) is 15.7. The van der Waals surface area contributed by atoms with Crippen molar-refractivity contribution in [3.05, 3.63) is 96.6 Å².